The number of rotatable bonds is 3. The van der Waals surface area contributed by atoms with Gasteiger partial charge in [-0.2, -0.15) is 5.10 Å². The summed E-state index contributed by atoms with van der Waals surface area (Å²) in [6.07, 6.45) is 0.215. The van der Waals surface area contributed by atoms with E-state index in [1.165, 1.54) is 0 Å². The number of Topliss-reactive ketones (excluding diaryl/α,β-unsaturated/α-hetero) is 1. The third-order valence-electron chi connectivity index (χ3n) is 2.82. The van der Waals surface area contributed by atoms with Gasteiger partial charge in [-0.3, -0.25) is 9.48 Å². The fourth-order valence-electron chi connectivity index (χ4n) is 1.83. The van der Waals surface area contributed by atoms with E-state index < -0.39 is 0 Å². The van der Waals surface area contributed by atoms with E-state index in [1.54, 1.807) is 23.9 Å². The Labute approximate surface area is 135 Å². The lowest BCUT2D eigenvalue weighted by Crippen LogP contribution is -2.09. The highest BCUT2D eigenvalue weighted by atomic mass is 127. The van der Waals surface area contributed by atoms with Crippen molar-refractivity contribution < 1.29 is 4.79 Å². The smallest absolute Gasteiger partial charge is 0.169 e. The predicted molar refractivity (Wildman–Crippen MR) is 85.2 cm³/mol. The molecule has 0 radical (unpaired) electrons. The van der Waals surface area contributed by atoms with Gasteiger partial charge in [0.1, 0.15) is 0 Å². The van der Waals surface area contributed by atoms with Gasteiger partial charge in [-0.1, -0.05) is 23.2 Å². The molecule has 0 spiro atoms. The monoisotopic (exact) mass is 408 g/mol. The van der Waals surface area contributed by atoms with Crippen molar-refractivity contribution in [2.45, 2.75) is 13.3 Å². The Morgan fingerprint density at radius 1 is 1.42 bits per heavy atom. The second kappa shape index (κ2) is 5.81. The first-order valence-corrected chi connectivity index (χ1v) is 7.40. The quantitative estimate of drug-likeness (QED) is 0.566. The van der Waals surface area contributed by atoms with E-state index in [9.17, 15) is 4.79 Å². The maximum Gasteiger partial charge on any atom is 0.169 e. The van der Waals surface area contributed by atoms with E-state index in [4.69, 9.17) is 23.2 Å². The fourth-order valence-corrected chi connectivity index (χ4v) is 2.87. The first-order chi connectivity index (χ1) is 8.90. The van der Waals surface area contributed by atoms with Crippen molar-refractivity contribution in [3.05, 3.63) is 48.8 Å². The number of carbonyl (C=O) groups excluding carboxylic acids is 1. The Balaban J connectivity index is 2.33. The van der Waals surface area contributed by atoms with E-state index >= 15 is 0 Å². The van der Waals surface area contributed by atoms with Crippen molar-refractivity contribution in [2.75, 3.05) is 0 Å². The van der Waals surface area contributed by atoms with E-state index in [0.717, 1.165) is 15.0 Å². The average Bonchev–Trinajstić information content (AvgIpc) is 2.59. The van der Waals surface area contributed by atoms with Crippen LogP contribution in [0.4, 0.5) is 0 Å². The highest BCUT2D eigenvalue weighted by Gasteiger charge is 2.17. The lowest BCUT2D eigenvalue weighted by Gasteiger charge is -2.05. The van der Waals surface area contributed by atoms with E-state index in [0.29, 0.717) is 15.6 Å². The molecule has 1 heterocycles. The summed E-state index contributed by atoms with van der Waals surface area (Å²) in [5.41, 5.74) is 2.07. The molecule has 100 valence electrons. The van der Waals surface area contributed by atoms with Gasteiger partial charge in [-0.25, -0.2) is 0 Å². The van der Waals surface area contributed by atoms with Gasteiger partial charge in [-0.05, 0) is 47.7 Å². The molecule has 0 amide bonds. The molecule has 0 aliphatic carbocycles. The van der Waals surface area contributed by atoms with Gasteiger partial charge in [0.15, 0.2) is 5.78 Å². The lowest BCUT2D eigenvalue weighted by atomic mass is 10.1. The van der Waals surface area contributed by atoms with Crippen LogP contribution in [0.15, 0.2) is 18.2 Å². The van der Waals surface area contributed by atoms with Crippen LogP contribution in [0.2, 0.25) is 10.0 Å². The molecule has 6 heteroatoms. The minimum absolute atomic E-state index is 0.0169. The minimum Gasteiger partial charge on any atom is -0.294 e. The third kappa shape index (κ3) is 3.12. The van der Waals surface area contributed by atoms with Crippen LogP contribution in [0, 0.1) is 10.5 Å². The molecule has 0 fully saturated rings. The van der Waals surface area contributed by atoms with E-state index in [1.807, 2.05) is 13.0 Å². The third-order valence-corrected chi connectivity index (χ3v) is 4.49. The Morgan fingerprint density at radius 2 is 2.11 bits per heavy atom. The SMILES string of the molecule is Cc1nn(C)c(CC(=O)c2cc(Cl)ccc2I)c1Cl. The molecule has 0 saturated heterocycles. The summed E-state index contributed by atoms with van der Waals surface area (Å²) in [7, 11) is 1.78. The van der Waals surface area contributed by atoms with E-state index in [2.05, 4.69) is 27.7 Å². The summed E-state index contributed by atoms with van der Waals surface area (Å²) in [6, 6.07) is 5.27. The summed E-state index contributed by atoms with van der Waals surface area (Å²) in [5.74, 6) is -0.0169. The number of aryl methyl sites for hydroxylation is 2. The normalized spacial score (nSPS) is 10.8. The van der Waals surface area contributed by atoms with Gasteiger partial charge < -0.3 is 0 Å². The fraction of sp³-hybridized carbons (Fsp3) is 0.231. The standard InChI is InChI=1S/C13H11Cl2IN2O/c1-7-13(15)11(18(2)17-7)6-12(19)9-5-8(14)3-4-10(9)16/h3-5H,6H2,1-2H3. The molecule has 3 nitrogen and oxygen atoms in total. The van der Waals surface area contributed by atoms with Gasteiger partial charge in [0, 0.05) is 21.2 Å². The second-order valence-corrected chi connectivity index (χ2v) is 6.17. The molecule has 2 rings (SSSR count). The number of halogens is 3. The van der Waals surface area contributed by atoms with Crippen LogP contribution in [-0.2, 0) is 13.5 Å². The number of hydrogen-bond donors (Lipinski definition) is 0. The zero-order valence-corrected chi connectivity index (χ0v) is 14.0. The topological polar surface area (TPSA) is 34.9 Å². The van der Waals surface area contributed by atoms with Gasteiger partial charge in [0.25, 0.3) is 0 Å². The Bertz CT molecular complexity index is 652. The zero-order chi connectivity index (χ0) is 14.2. The number of benzene rings is 1. The first kappa shape index (κ1) is 14.8. The molecule has 0 unspecified atom stereocenters. The minimum atomic E-state index is -0.0169. The molecule has 0 aliphatic heterocycles. The number of nitrogens with zero attached hydrogens (tertiary/aromatic N) is 2. The molecule has 1 aromatic carbocycles. The summed E-state index contributed by atoms with van der Waals surface area (Å²) >= 11 is 14.2. The van der Waals surface area contributed by atoms with Crippen LogP contribution in [-0.4, -0.2) is 15.6 Å². The molecule has 1 aromatic heterocycles. The summed E-state index contributed by atoms with van der Waals surface area (Å²) in [6.45, 7) is 1.82. The highest BCUT2D eigenvalue weighted by molar-refractivity contribution is 14.1. The molecule has 19 heavy (non-hydrogen) atoms. The lowest BCUT2D eigenvalue weighted by molar-refractivity contribution is 0.0990. The van der Waals surface area contributed by atoms with Gasteiger partial charge >= 0.3 is 0 Å². The van der Waals surface area contributed by atoms with Crippen LogP contribution in [0.3, 0.4) is 0 Å². The van der Waals surface area contributed by atoms with Crippen LogP contribution in [0.25, 0.3) is 0 Å². The number of ketones is 1. The maximum atomic E-state index is 12.3. The van der Waals surface area contributed by atoms with Crippen LogP contribution in [0.5, 0.6) is 0 Å². The zero-order valence-electron chi connectivity index (χ0n) is 10.4. The highest BCUT2D eigenvalue weighted by Crippen LogP contribution is 2.23. The number of hydrogen-bond acceptors (Lipinski definition) is 2. The van der Waals surface area contributed by atoms with Crippen LogP contribution < -0.4 is 0 Å². The predicted octanol–water partition coefficient (Wildman–Crippen LogP) is 4.07. The van der Waals surface area contributed by atoms with Crippen LogP contribution >= 0.6 is 45.8 Å². The second-order valence-electron chi connectivity index (χ2n) is 4.19. The molecular formula is C13H11Cl2IN2O. The van der Waals surface area contributed by atoms with Gasteiger partial charge in [0.2, 0.25) is 0 Å². The van der Waals surface area contributed by atoms with Crippen molar-refractivity contribution in [1.29, 1.82) is 0 Å². The summed E-state index contributed by atoms with van der Waals surface area (Å²) < 4.78 is 2.52. The summed E-state index contributed by atoms with van der Waals surface area (Å²) in [4.78, 5) is 12.3. The number of aromatic nitrogens is 2. The Kier molecular flexibility index (Phi) is 4.53. The van der Waals surface area contributed by atoms with Crippen molar-refractivity contribution in [3.63, 3.8) is 0 Å². The van der Waals surface area contributed by atoms with Crippen molar-refractivity contribution in [2.24, 2.45) is 7.05 Å². The number of carbonyl (C=O) groups is 1. The van der Waals surface area contributed by atoms with Crippen molar-refractivity contribution in [3.8, 4) is 0 Å². The van der Waals surface area contributed by atoms with Gasteiger partial charge in [-0.15, -0.1) is 0 Å². The Hall–Kier alpha value is -0.590. The Morgan fingerprint density at radius 3 is 2.68 bits per heavy atom. The molecule has 0 aliphatic rings. The van der Waals surface area contributed by atoms with Crippen molar-refractivity contribution in [1.82, 2.24) is 9.78 Å². The molecular weight excluding hydrogens is 398 g/mol. The van der Waals surface area contributed by atoms with Crippen molar-refractivity contribution >= 4 is 51.6 Å². The molecule has 0 saturated carbocycles. The van der Waals surface area contributed by atoms with Gasteiger partial charge in [0.05, 0.1) is 22.8 Å². The molecule has 2 aromatic rings. The maximum absolute atomic E-state index is 12.3. The average molecular weight is 409 g/mol. The molecule has 0 atom stereocenters. The van der Waals surface area contributed by atoms with Crippen LogP contribution in [0.1, 0.15) is 21.7 Å². The largest absolute Gasteiger partial charge is 0.294 e. The molecule has 0 N–H and O–H groups in total. The first-order valence-electron chi connectivity index (χ1n) is 5.56. The summed E-state index contributed by atoms with van der Waals surface area (Å²) in [5, 5.41) is 5.30. The molecule has 0 bridgehead atoms. The van der Waals surface area contributed by atoms with E-state index in [-0.39, 0.29) is 12.2 Å².